The normalized spacial score (nSPS) is 20.2. The van der Waals surface area contributed by atoms with Crippen molar-refractivity contribution in [1.82, 2.24) is 0 Å². The van der Waals surface area contributed by atoms with E-state index in [4.69, 9.17) is 0 Å². The molecule has 3 fully saturated rings. The van der Waals surface area contributed by atoms with Gasteiger partial charge in [-0.2, -0.15) is 0 Å². The van der Waals surface area contributed by atoms with Crippen LogP contribution >= 0.6 is 0 Å². The Hall–Kier alpha value is -2.34. The van der Waals surface area contributed by atoms with E-state index in [0.29, 0.717) is 16.2 Å². The van der Waals surface area contributed by atoms with Gasteiger partial charge in [0.25, 0.3) is 0 Å². The minimum Gasteiger partial charge on any atom is -0.0630 e. The summed E-state index contributed by atoms with van der Waals surface area (Å²) < 4.78 is 0. The SMILES string of the molecule is CC(C)C.CC(C)C.CC(C)C.c1ccc2c(c1)CCCC21CC1.c1ccc2c(c1)CCCC21CCC1.c1ccc2c(c1)CCCC21CCCC1. The lowest BCUT2D eigenvalue weighted by Crippen LogP contribution is -2.37. The van der Waals surface area contributed by atoms with Crippen molar-refractivity contribution in [3.8, 4) is 0 Å². The Morgan fingerprint density at radius 2 is 0.549 bits per heavy atom. The van der Waals surface area contributed by atoms with Crippen molar-refractivity contribution in [2.45, 2.75) is 194 Å². The summed E-state index contributed by atoms with van der Waals surface area (Å²) in [4.78, 5) is 0. The molecule has 0 aliphatic heterocycles. The van der Waals surface area contributed by atoms with Crippen molar-refractivity contribution in [3.63, 3.8) is 0 Å². The van der Waals surface area contributed by atoms with Crippen LogP contribution in [0.5, 0.6) is 0 Å². The summed E-state index contributed by atoms with van der Waals surface area (Å²) in [5.41, 5.74) is 11.9. The number of fused-ring (bicyclic) bond motifs is 6. The lowest BCUT2D eigenvalue weighted by Gasteiger charge is -2.46. The highest BCUT2D eigenvalue weighted by atomic mass is 14.5. The van der Waals surface area contributed by atoms with Crippen LogP contribution in [0.25, 0.3) is 0 Å². The summed E-state index contributed by atoms with van der Waals surface area (Å²) in [5.74, 6) is 2.50. The van der Waals surface area contributed by atoms with E-state index in [9.17, 15) is 0 Å². The van der Waals surface area contributed by atoms with Crippen LogP contribution in [0.2, 0.25) is 0 Å². The molecule has 0 N–H and O–H groups in total. The van der Waals surface area contributed by atoms with Crippen LogP contribution in [0.4, 0.5) is 0 Å². The first-order valence-corrected chi connectivity index (χ1v) is 21.7. The molecule has 0 radical (unpaired) electrons. The van der Waals surface area contributed by atoms with Gasteiger partial charge in [0.05, 0.1) is 0 Å². The van der Waals surface area contributed by atoms with Crippen molar-refractivity contribution in [2.75, 3.05) is 0 Å². The average molecular weight is 691 g/mol. The van der Waals surface area contributed by atoms with Gasteiger partial charge in [-0.05, 0) is 164 Å². The van der Waals surface area contributed by atoms with Crippen LogP contribution in [0, 0.1) is 17.8 Å². The molecular formula is C51H78. The Kier molecular flexibility index (Phi) is 16.0. The predicted octanol–water partition coefficient (Wildman–Crippen LogP) is 15.3. The van der Waals surface area contributed by atoms with E-state index < -0.39 is 0 Å². The molecule has 0 bridgehead atoms. The summed E-state index contributed by atoms with van der Waals surface area (Å²) in [6, 6.07) is 27.3. The Balaban J connectivity index is 0.000000149. The van der Waals surface area contributed by atoms with E-state index in [-0.39, 0.29) is 0 Å². The molecular weight excluding hydrogens is 613 g/mol. The fourth-order valence-electron chi connectivity index (χ4n) is 9.39. The van der Waals surface area contributed by atoms with Crippen molar-refractivity contribution in [3.05, 3.63) is 106 Å². The highest BCUT2D eigenvalue weighted by Gasteiger charge is 2.46. The second-order valence-corrected chi connectivity index (χ2v) is 19.1. The topological polar surface area (TPSA) is 0 Å². The highest BCUT2D eigenvalue weighted by Crippen LogP contribution is 2.55. The average Bonchev–Trinajstić information content (AvgIpc) is 3.70. The molecule has 3 saturated carbocycles. The van der Waals surface area contributed by atoms with E-state index in [1.807, 2.05) is 0 Å². The molecule has 0 saturated heterocycles. The molecule has 6 aliphatic carbocycles. The van der Waals surface area contributed by atoms with Crippen molar-refractivity contribution in [2.24, 2.45) is 17.8 Å². The Bertz CT molecular complexity index is 1400. The van der Waals surface area contributed by atoms with Gasteiger partial charge in [-0.1, -0.05) is 154 Å². The fourth-order valence-corrected chi connectivity index (χ4v) is 9.39. The number of benzene rings is 3. The quantitative estimate of drug-likeness (QED) is 0.220. The summed E-state index contributed by atoms with van der Waals surface area (Å²) >= 11 is 0. The van der Waals surface area contributed by atoms with Crippen LogP contribution in [0.1, 0.15) is 192 Å². The van der Waals surface area contributed by atoms with E-state index in [0.717, 1.165) is 17.8 Å². The van der Waals surface area contributed by atoms with E-state index in [2.05, 4.69) is 135 Å². The molecule has 282 valence electrons. The summed E-state index contributed by atoms with van der Waals surface area (Å²) in [6.45, 7) is 19.5. The van der Waals surface area contributed by atoms with Crippen LogP contribution in [-0.4, -0.2) is 0 Å². The lowest BCUT2D eigenvalue weighted by molar-refractivity contribution is 0.209. The van der Waals surface area contributed by atoms with Crippen molar-refractivity contribution >= 4 is 0 Å². The van der Waals surface area contributed by atoms with E-state index >= 15 is 0 Å². The molecule has 0 amide bonds. The van der Waals surface area contributed by atoms with Gasteiger partial charge in [0.2, 0.25) is 0 Å². The van der Waals surface area contributed by atoms with Gasteiger partial charge in [0, 0.05) is 0 Å². The number of rotatable bonds is 0. The van der Waals surface area contributed by atoms with Gasteiger partial charge in [0.15, 0.2) is 0 Å². The molecule has 51 heavy (non-hydrogen) atoms. The smallest absolute Gasteiger partial charge is 0.00435 e. The van der Waals surface area contributed by atoms with Crippen LogP contribution in [0.3, 0.4) is 0 Å². The fraction of sp³-hybridized carbons (Fsp3) is 0.647. The summed E-state index contributed by atoms with van der Waals surface area (Å²) in [7, 11) is 0. The van der Waals surface area contributed by atoms with Gasteiger partial charge < -0.3 is 0 Å². The lowest BCUT2D eigenvalue weighted by atomic mass is 9.58. The molecule has 3 aromatic rings. The molecule has 9 rings (SSSR count). The summed E-state index contributed by atoms with van der Waals surface area (Å²) in [5, 5.41) is 0. The molecule has 0 heterocycles. The molecule has 0 aromatic heterocycles. The maximum absolute atomic E-state index is 2.39. The first-order valence-electron chi connectivity index (χ1n) is 21.7. The van der Waals surface area contributed by atoms with Crippen LogP contribution < -0.4 is 0 Å². The van der Waals surface area contributed by atoms with E-state index in [1.165, 1.54) is 116 Å². The molecule has 0 heteroatoms. The Morgan fingerprint density at radius 1 is 0.314 bits per heavy atom. The maximum Gasteiger partial charge on any atom is -0.00435 e. The Morgan fingerprint density at radius 3 is 0.804 bits per heavy atom. The third-order valence-electron chi connectivity index (χ3n) is 11.8. The zero-order chi connectivity index (χ0) is 36.9. The van der Waals surface area contributed by atoms with Gasteiger partial charge in [0.1, 0.15) is 0 Å². The number of hydrogen-bond acceptors (Lipinski definition) is 0. The summed E-state index contributed by atoms with van der Waals surface area (Å²) in [6.07, 6.45) is 25.6. The zero-order valence-electron chi connectivity index (χ0n) is 34.9. The predicted molar refractivity (Wildman–Crippen MR) is 226 cm³/mol. The van der Waals surface area contributed by atoms with Crippen LogP contribution in [0.15, 0.2) is 72.8 Å². The monoisotopic (exact) mass is 691 g/mol. The third-order valence-corrected chi connectivity index (χ3v) is 11.8. The van der Waals surface area contributed by atoms with Gasteiger partial charge >= 0.3 is 0 Å². The molecule has 0 nitrogen and oxygen atoms in total. The van der Waals surface area contributed by atoms with E-state index in [1.54, 1.807) is 33.4 Å². The molecule has 0 atom stereocenters. The highest BCUT2D eigenvalue weighted by molar-refractivity contribution is 5.41. The maximum atomic E-state index is 2.39. The van der Waals surface area contributed by atoms with Crippen molar-refractivity contribution < 1.29 is 0 Å². The first-order chi connectivity index (χ1) is 24.4. The standard InChI is InChI=1S/C14H18.C13H16.C12H14.3C4H10/c1-2-8-13-12(6-1)7-5-11-14(13)9-3-4-10-14;1-2-7-12-11(5-1)6-3-8-13(12)9-4-10-13;1-2-6-11-10(4-1)5-3-7-12(11)8-9-12;3*1-4(2)3/h1-2,6,8H,3-5,7,9-11H2;1-2,5,7H,3-4,6,8-10H2;1-2,4,6H,3,5,7-9H2;3*4H,1-3H3. The Labute approximate surface area is 317 Å². The molecule has 3 spiro atoms. The van der Waals surface area contributed by atoms with Gasteiger partial charge in [-0.15, -0.1) is 0 Å². The molecule has 0 unspecified atom stereocenters. The minimum atomic E-state index is 0.606. The second kappa shape index (κ2) is 19.7. The zero-order valence-corrected chi connectivity index (χ0v) is 34.9. The largest absolute Gasteiger partial charge is 0.0630 e. The van der Waals surface area contributed by atoms with Gasteiger partial charge in [-0.25, -0.2) is 0 Å². The van der Waals surface area contributed by atoms with Gasteiger partial charge in [-0.3, -0.25) is 0 Å². The third kappa shape index (κ3) is 11.8. The number of aryl methyl sites for hydroxylation is 3. The van der Waals surface area contributed by atoms with Crippen molar-refractivity contribution in [1.29, 1.82) is 0 Å². The minimum absolute atomic E-state index is 0.606. The molecule has 6 aliphatic rings. The van der Waals surface area contributed by atoms with Crippen LogP contribution in [-0.2, 0) is 35.5 Å². The second-order valence-electron chi connectivity index (χ2n) is 19.1. The first kappa shape index (κ1) is 41.4. The molecule has 3 aromatic carbocycles. The number of hydrogen-bond donors (Lipinski definition) is 0.